The summed E-state index contributed by atoms with van der Waals surface area (Å²) in [5, 5.41) is 7.95. The zero-order valence-corrected chi connectivity index (χ0v) is 20.2. The third kappa shape index (κ3) is 4.69. The van der Waals surface area contributed by atoms with E-state index >= 15 is 0 Å². The van der Waals surface area contributed by atoms with E-state index in [2.05, 4.69) is 15.4 Å². The highest BCUT2D eigenvalue weighted by Crippen LogP contribution is 2.45. The number of halogens is 3. The first-order valence-corrected chi connectivity index (χ1v) is 12.1. The number of rotatable bonds is 4. The molecule has 10 heteroatoms. The molecule has 0 saturated carbocycles. The molecule has 4 heterocycles. The summed E-state index contributed by atoms with van der Waals surface area (Å²) >= 11 is 0. The van der Waals surface area contributed by atoms with Crippen molar-refractivity contribution in [1.82, 2.24) is 20.1 Å². The van der Waals surface area contributed by atoms with Crippen LogP contribution in [0.1, 0.15) is 50.3 Å². The van der Waals surface area contributed by atoms with E-state index in [1.54, 1.807) is 11.1 Å². The molecule has 5 rings (SSSR count). The second-order valence-electron chi connectivity index (χ2n) is 9.39. The molecule has 0 spiro atoms. The number of ether oxygens (including phenoxy) is 1. The number of piperidine rings is 1. The molecule has 0 radical (unpaired) electrons. The molecule has 1 fully saturated rings. The van der Waals surface area contributed by atoms with E-state index in [1.807, 2.05) is 29.9 Å². The lowest BCUT2D eigenvalue weighted by atomic mass is 9.92. The van der Waals surface area contributed by atoms with E-state index < -0.39 is 11.7 Å². The average Bonchev–Trinajstić information content (AvgIpc) is 3.34. The lowest BCUT2D eigenvalue weighted by molar-refractivity contribution is -0.137. The summed E-state index contributed by atoms with van der Waals surface area (Å²) in [7, 11) is 0. The Morgan fingerprint density at radius 3 is 2.56 bits per heavy atom. The van der Waals surface area contributed by atoms with Crippen LogP contribution in [0.4, 0.5) is 18.9 Å². The number of pyridine rings is 1. The van der Waals surface area contributed by atoms with E-state index in [-0.39, 0.29) is 17.8 Å². The maximum atomic E-state index is 13.0. The number of aromatic nitrogens is 3. The van der Waals surface area contributed by atoms with Crippen LogP contribution in [0.15, 0.2) is 42.9 Å². The quantitative estimate of drug-likeness (QED) is 0.523. The van der Waals surface area contributed by atoms with Gasteiger partial charge in [0.05, 0.1) is 23.5 Å². The van der Waals surface area contributed by atoms with Crippen LogP contribution in [0.3, 0.4) is 0 Å². The fraction of sp³-hybridized carbons (Fsp3) is 0.423. The summed E-state index contributed by atoms with van der Waals surface area (Å²) in [6, 6.07) is 6.30. The van der Waals surface area contributed by atoms with Gasteiger partial charge in [-0.15, -0.1) is 0 Å². The minimum absolute atomic E-state index is 0.0283. The Morgan fingerprint density at radius 1 is 1.11 bits per heavy atom. The van der Waals surface area contributed by atoms with E-state index in [1.165, 1.54) is 13.0 Å². The van der Waals surface area contributed by atoms with Gasteiger partial charge in [0, 0.05) is 48.1 Å². The van der Waals surface area contributed by atoms with Crippen molar-refractivity contribution in [3.05, 3.63) is 54.0 Å². The number of nitrogens with zero attached hydrogens (tertiary/aromatic N) is 4. The molecule has 36 heavy (non-hydrogen) atoms. The van der Waals surface area contributed by atoms with Gasteiger partial charge in [-0.1, -0.05) is 0 Å². The molecular formula is C26H28F3N5O2. The predicted octanol–water partition coefficient (Wildman–Crippen LogP) is 5.37. The second-order valence-corrected chi connectivity index (χ2v) is 9.39. The van der Waals surface area contributed by atoms with Gasteiger partial charge < -0.3 is 15.0 Å². The summed E-state index contributed by atoms with van der Waals surface area (Å²) in [5.74, 6) is 0.465. The summed E-state index contributed by atoms with van der Waals surface area (Å²) < 4.78 is 47.3. The van der Waals surface area contributed by atoms with Crippen molar-refractivity contribution in [2.75, 3.05) is 18.0 Å². The van der Waals surface area contributed by atoms with Crippen LogP contribution >= 0.6 is 0 Å². The van der Waals surface area contributed by atoms with Crippen LogP contribution in [0, 0.1) is 0 Å². The maximum Gasteiger partial charge on any atom is 0.417 e. The number of carbonyl (C=O) groups is 1. The zero-order valence-electron chi connectivity index (χ0n) is 20.2. The highest BCUT2D eigenvalue weighted by Gasteiger charge is 2.32. The molecule has 2 aliphatic rings. The van der Waals surface area contributed by atoms with Crippen LogP contribution in [0.5, 0.6) is 11.6 Å². The van der Waals surface area contributed by atoms with E-state index in [0.717, 1.165) is 67.0 Å². The smallest absolute Gasteiger partial charge is 0.417 e. The first-order valence-electron chi connectivity index (χ1n) is 12.1. The first kappa shape index (κ1) is 24.3. The third-order valence-corrected chi connectivity index (χ3v) is 6.95. The number of nitrogens with one attached hydrogen (secondary N) is 1. The summed E-state index contributed by atoms with van der Waals surface area (Å²) in [5.41, 5.74) is 2.33. The lowest BCUT2D eigenvalue weighted by Gasteiger charge is -2.35. The molecule has 0 aliphatic carbocycles. The Labute approximate surface area is 207 Å². The van der Waals surface area contributed by atoms with Gasteiger partial charge in [-0.2, -0.15) is 18.3 Å². The summed E-state index contributed by atoms with van der Waals surface area (Å²) in [4.78, 5) is 18.1. The highest BCUT2D eigenvalue weighted by molar-refractivity contribution is 5.95. The van der Waals surface area contributed by atoms with Gasteiger partial charge in [-0.3, -0.25) is 9.48 Å². The third-order valence-electron chi connectivity index (χ3n) is 6.95. The zero-order chi connectivity index (χ0) is 25.4. The van der Waals surface area contributed by atoms with Crippen molar-refractivity contribution < 1.29 is 22.7 Å². The van der Waals surface area contributed by atoms with Gasteiger partial charge in [-0.25, -0.2) is 4.98 Å². The Kier molecular flexibility index (Phi) is 6.46. The Balaban J connectivity index is 1.57. The van der Waals surface area contributed by atoms with Crippen molar-refractivity contribution in [2.24, 2.45) is 0 Å². The molecule has 3 aromatic rings. The number of anilines is 1. The van der Waals surface area contributed by atoms with Crippen LogP contribution < -0.4 is 15.0 Å². The molecule has 0 bridgehead atoms. The molecule has 1 aromatic carbocycles. The number of hydrogen-bond donors (Lipinski definition) is 1. The standard InChI is InChI=1S/C26H28F3N5O2/c1-16-3-5-22-23(34(16)17(2)35)7-6-21(18-13-32-33(15-18)20-9-11-30-12-10-20)25(22)36-24-8-4-19(14-31-24)26(27,28)29/h4,6-8,13-16,20,30H,3,5,9-12H2,1-2H3/t16-/m0/s1. The summed E-state index contributed by atoms with van der Waals surface area (Å²) in [6.45, 7) is 5.40. The molecule has 1 N–H and O–H groups in total. The number of fused-ring (bicyclic) bond motifs is 1. The molecule has 2 aliphatic heterocycles. The first-order chi connectivity index (χ1) is 17.2. The van der Waals surface area contributed by atoms with Crippen molar-refractivity contribution in [3.63, 3.8) is 0 Å². The Bertz CT molecular complexity index is 1250. The lowest BCUT2D eigenvalue weighted by Crippen LogP contribution is -2.40. The largest absolute Gasteiger partial charge is 0.438 e. The fourth-order valence-electron chi connectivity index (χ4n) is 5.09. The fourth-order valence-corrected chi connectivity index (χ4v) is 5.09. The van der Waals surface area contributed by atoms with Crippen LogP contribution in [0.25, 0.3) is 11.1 Å². The minimum Gasteiger partial charge on any atom is -0.438 e. The SMILES string of the molecule is CC(=O)N1c2ccc(-c3cnn(C4CCNCC4)c3)c(Oc3ccc(C(F)(F)F)cn3)c2CC[C@@H]1C. The van der Waals surface area contributed by atoms with Crippen molar-refractivity contribution in [3.8, 4) is 22.8 Å². The monoisotopic (exact) mass is 499 g/mol. The van der Waals surface area contributed by atoms with E-state index in [4.69, 9.17) is 4.74 Å². The van der Waals surface area contributed by atoms with Crippen molar-refractivity contribution in [1.29, 1.82) is 0 Å². The highest BCUT2D eigenvalue weighted by atomic mass is 19.4. The summed E-state index contributed by atoms with van der Waals surface area (Å²) in [6.07, 6.45) is 3.41. The Morgan fingerprint density at radius 2 is 1.89 bits per heavy atom. The van der Waals surface area contributed by atoms with Gasteiger partial charge in [0.2, 0.25) is 11.8 Å². The second kappa shape index (κ2) is 9.57. The van der Waals surface area contributed by atoms with Gasteiger partial charge in [0.25, 0.3) is 0 Å². The van der Waals surface area contributed by atoms with Gasteiger partial charge in [0.15, 0.2) is 0 Å². The molecular weight excluding hydrogens is 471 g/mol. The maximum absolute atomic E-state index is 13.0. The van der Waals surface area contributed by atoms with Crippen molar-refractivity contribution >= 4 is 11.6 Å². The number of alkyl halides is 3. The van der Waals surface area contributed by atoms with Gasteiger partial charge in [-0.05, 0) is 63.9 Å². The van der Waals surface area contributed by atoms with Crippen LogP contribution in [-0.2, 0) is 17.4 Å². The molecule has 0 unspecified atom stereocenters. The molecule has 1 saturated heterocycles. The Hall–Kier alpha value is -3.40. The average molecular weight is 500 g/mol. The van der Waals surface area contributed by atoms with E-state index in [9.17, 15) is 18.0 Å². The normalized spacial score (nSPS) is 18.7. The van der Waals surface area contributed by atoms with Gasteiger partial charge in [0.1, 0.15) is 5.75 Å². The molecule has 7 nitrogen and oxygen atoms in total. The number of carbonyl (C=O) groups excluding carboxylic acids is 1. The van der Waals surface area contributed by atoms with Crippen molar-refractivity contribution in [2.45, 2.75) is 57.8 Å². The number of hydrogen-bond acceptors (Lipinski definition) is 5. The molecule has 190 valence electrons. The molecule has 1 amide bonds. The minimum atomic E-state index is -4.48. The topological polar surface area (TPSA) is 72.3 Å². The molecule has 2 aromatic heterocycles. The molecule has 1 atom stereocenters. The van der Waals surface area contributed by atoms with Crippen LogP contribution in [-0.4, -0.2) is 39.8 Å². The van der Waals surface area contributed by atoms with E-state index in [0.29, 0.717) is 18.2 Å². The number of benzene rings is 1. The number of amides is 1. The predicted molar refractivity (Wildman–Crippen MR) is 129 cm³/mol. The van der Waals surface area contributed by atoms with Crippen LogP contribution in [0.2, 0.25) is 0 Å². The van der Waals surface area contributed by atoms with Gasteiger partial charge >= 0.3 is 6.18 Å².